The van der Waals surface area contributed by atoms with E-state index < -0.39 is 0 Å². The summed E-state index contributed by atoms with van der Waals surface area (Å²) in [6.07, 6.45) is 3.49. The van der Waals surface area contributed by atoms with E-state index in [1.807, 2.05) is 22.9 Å². The van der Waals surface area contributed by atoms with Gasteiger partial charge in [-0.1, -0.05) is 17.7 Å². The van der Waals surface area contributed by atoms with Gasteiger partial charge in [0.05, 0.1) is 18.9 Å². The number of halogens is 2. The summed E-state index contributed by atoms with van der Waals surface area (Å²) in [6.45, 7) is 5.24. The molecule has 2 aliphatic rings. The first-order chi connectivity index (χ1) is 13.5. The molecule has 0 unspecified atom stereocenters. The van der Waals surface area contributed by atoms with Crippen molar-refractivity contribution in [1.29, 1.82) is 0 Å². The minimum absolute atomic E-state index is 0.0851. The van der Waals surface area contributed by atoms with Crippen molar-refractivity contribution in [3.8, 4) is 0 Å². The van der Waals surface area contributed by atoms with E-state index in [4.69, 9.17) is 16.3 Å². The minimum atomic E-state index is -0.350. The SMILES string of the molecule is Cc1cn[nH]c1C1CN(C(=O)N2CCC(OCc3ccc(F)cc3Cl)CC2)C1. The van der Waals surface area contributed by atoms with Gasteiger partial charge in [-0.05, 0) is 43.0 Å². The van der Waals surface area contributed by atoms with Gasteiger partial charge in [-0.3, -0.25) is 5.10 Å². The van der Waals surface area contributed by atoms with Crippen molar-refractivity contribution in [3.63, 3.8) is 0 Å². The van der Waals surface area contributed by atoms with Crippen LogP contribution in [-0.4, -0.2) is 58.3 Å². The molecule has 8 heteroatoms. The van der Waals surface area contributed by atoms with Crippen molar-refractivity contribution < 1.29 is 13.9 Å². The third kappa shape index (κ3) is 4.00. The normalized spacial score (nSPS) is 18.4. The van der Waals surface area contributed by atoms with Crippen molar-refractivity contribution >= 4 is 17.6 Å². The second-order valence-electron chi connectivity index (χ2n) is 7.58. The van der Waals surface area contributed by atoms with Crippen LogP contribution in [0.15, 0.2) is 24.4 Å². The van der Waals surface area contributed by atoms with Gasteiger partial charge in [0.1, 0.15) is 5.82 Å². The number of benzene rings is 1. The number of carbonyl (C=O) groups is 1. The fourth-order valence-electron chi connectivity index (χ4n) is 3.85. The summed E-state index contributed by atoms with van der Waals surface area (Å²) in [5.41, 5.74) is 3.06. The molecule has 6 nitrogen and oxygen atoms in total. The highest BCUT2D eigenvalue weighted by Gasteiger charge is 2.36. The van der Waals surface area contributed by atoms with Gasteiger partial charge < -0.3 is 14.5 Å². The summed E-state index contributed by atoms with van der Waals surface area (Å²) in [5.74, 6) is 0.00396. The molecule has 2 fully saturated rings. The molecule has 0 aliphatic carbocycles. The third-order valence-electron chi connectivity index (χ3n) is 5.63. The standard InChI is InChI=1S/C20H24ClFN4O2/c1-13-9-23-24-19(13)15-10-26(11-15)20(27)25-6-4-17(5-7-25)28-12-14-2-3-16(22)8-18(14)21/h2-3,8-9,15,17H,4-7,10-12H2,1H3,(H,23,24). The molecule has 4 rings (SSSR count). The lowest BCUT2D eigenvalue weighted by Crippen LogP contribution is -2.55. The summed E-state index contributed by atoms with van der Waals surface area (Å²) in [4.78, 5) is 16.5. The average Bonchev–Trinajstić information content (AvgIpc) is 3.06. The fraction of sp³-hybridized carbons (Fsp3) is 0.500. The van der Waals surface area contributed by atoms with E-state index in [2.05, 4.69) is 10.2 Å². The van der Waals surface area contributed by atoms with Gasteiger partial charge in [0, 0.05) is 42.8 Å². The number of urea groups is 1. The molecule has 0 bridgehead atoms. The predicted molar refractivity (Wildman–Crippen MR) is 104 cm³/mol. The summed E-state index contributed by atoms with van der Waals surface area (Å²) >= 11 is 6.04. The Labute approximate surface area is 168 Å². The van der Waals surface area contributed by atoms with Crippen LogP contribution in [0.2, 0.25) is 5.02 Å². The molecule has 2 saturated heterocycles. The van der Waals surface area contributed by atoms with Crippen LogP contribution in [0.25, 0.3) is 0 Å². The molecule has 1 aromatic carbocycles. The number of aromatic amines is 1. The molecule has 28 heavy (non-hydrogen) atoms. The molecule has 0 atom stereocenters. The van der Waals surface area contributed by atoms with Crippen LogP contribution >= 0.6 is 11.6 Å². The molecule has 2 aromatic rings. The minimum Gasteiger partial charge on any atom is -0.373 e. The Morgan fingerprint density at radius 3 is 2.71 bits per heavy atom. The number of likely N-dealkylation sites (tertiary alicyclic amines) is 2. The quantitative estimate of drug-likeness (QED) is 0.841. The maximum atomic E-state index is 13.1. The number of H-pyrrole nitrogens is 1. The van der Waals surface area contributed by atoms with Gasteiger partial charge in [0.15, 0.2) is 0 Å². The van der Waals surface area contributed by atoms with Gasteiger partial charge in [-0.15, -0.1) is 0 Å². The lowest BCUT2D eigenvalue weighted by atomic mass is 9.94. The van der Waals surface area contributed by atoms with E-state index in [1.54, 1.807) is 6.07 Å². The number of hydrogen-bond donors (Lipinski definition) is 1. The fourth-order valence-corrected chi connectivity index (χ4v) is 4.07. The highest BCUT2D eigenvalue weighted by atomic mass is 35.5. The van der Waals surface area contributed by atoms with Crippen LogP contribution in [0.4, 0.5) is 9.18 Å². The van der Waals surface area contributed by atoms with Crippen molar-refractivity contribution in [3.05, 3.63) is 52.1 Å². The maximum Gasteiger partial charge on any atom is 0.320 e. The summed E-state index contributed by atoms with van der Waals surface area (Å²) < 4.78 is 19.0. The highest BCUT2D eigenvalue weighted by Crippen LogP contribution is 2.29. The molecule has 2 aliphatic heterocycles. The lowest BCUT2D eigenvalue weighted by molar-refractivity contribution is -0.000528. The number of amides is 2. The average molecular weight is 407 g/mol. The number of hydrogen-bond acceptors (Lipinski definition) is 3. The van der Waals surface area contributed by atoms with Crippen molar-refractivity contribution in [2.45, 2.75) is 38.4 Å². The molecule has 0 radical (unpaired) electrons. The third-order valence-corrected chi connectivity index (χ3v) is 5.98. The Morgan fingerprint density at radius 2 is 2.07 bits per heavy atom. The zero-order valence-corrected chi connectivity index (χ0v) is 16.6. The van der Waals surface area contributed by atoms with Gasteiger partial charge in [-0.2, -0.15) is 5.10 Å². The number of nitrogens with zero attached hydrogens (tertiary/aromatic N) is 3. The summed E-state index contributed by atoms with van der Waals surface area (Å²) in [5, 5.41) is 7.48. The van der Waals surface area contributed by atoms with E-state index in [9.17, 15) is 9.18 Å². The molecular formula is C20H24ClFN4O2. The summed E-state index contributed by atoms with van der Waals surface area (Å²) in [6, 6.07) is 4.44. The first-order valence-corrected chi connectivity index (χ1v) is 9.98. The Morgan fingerprint density at radius 1 is 1.32 bits per heavy atom. The molecular weight excluding hydrogens is 383 g/mol. The largest absolute Gasteiger partial charge is 0.373 e. The van der Waals surface area contributed by atoms with Crippen LogP contribution in [0.1, 0.15) is 35.6 Å². The Balaban J connectivity index is 1.21. The van der Waals surface area contributed by atoms with Gasteiger partial charge in [0.2, 0.25) is 0 Å². The highest BCUT2D eigenvalue weighted by molar-refractivity contribution is 6.31. The number of aromatic nitrogens is 2. The molecule has 1 aromatic heterocycles. The van der Waals surface area contributed by atoms with Crippen LogP contribution in [0.3, 0.4) is 0 Å². The second-order valence-corrected chi connectivity index (χ2v) is 7.99. The zero-order chi connectivity index (χ0) is 19.7. The molecule has 0 spiro atoms. The maximum absolute atomic E-state index is 13.1. The zero-order valence-electron chi connectivity index (χ0n) is 15.8. The lowest BCUT2D eigenvalue weighted by Gasteiger charge is -2.43. The second kappa shape index (κ2) is 8.09. The van der Waals surface area contributed by atoms with Crippen molar-refractivity contribution in [2.24, 2.45) is 0 Å². The number of piperidine rings is 1. The molecule has 2 amide bonds. The predicted octanol–water partition coefficient (Wildman–Crippen LogP) is 3.71. The monoisotopic (exact) mass is 406 g/mol. The van der Waals surface area contributed by atoms with E-state index in [0.29, 0.717) is 30.6 Å². The molecule has 3 heterocycles. The topological polar surface area (TPSA) is 61.5 Å². The first-order valence-electron chi connectivity index (χ1n) is 9.60. The van der Waals surface area contributed by atoms with E-state index in [1.165, 1.54) is 12.1 Å². The molecule has 150 valence electrons. The van der Waals surface area contributed by atoms with Gasteiger partial charge >= 0.3 is 6.03 Å². The van der Waals surface area contributed by atoms with Gasteiger partial charge in [-0.25, -0.2) is 9.18 Å². The number of nitrogens with one attached hydrogen (secondary N) is 1. The Bertz CT molecular complexity index is 844. The number of rotatable bonds is 4. The van der Waals surface area contributed by atoms with Crippen LogP contribution in [0.5, 0.6) is 0 Å². The number of carbonyl (C=O) groups excluding carboxylic acids is 1. The van der Waals surface area contributed by atoms with Crippen LogP contribution in [-0.2, 0) is 11.3 Å². The van der Waals surface area contributed by atoms with E-state index in [-0.39, 0.29) is 18.0 Å². The molecule has 1 N–H and O–H groups in total. The smallest absolute Gasteiger partial charge is 0.320 e. The number of ether oxygens (including phenoxy) is 1. The molecule has 0 saturated carbocycles. The first kappa shape index (κ1) is 19.2. The van der Waals surface area contributed by atoms with Crippen molar-refractivity contribution in [2.75, 3.05) is 26.2 Å². The summed E-state index contributed by atoms with van der Waals surface area (Å²) in [7, 11) is 0. The van der Waals surface area contributed by atoms with Gasteiger partial charge in [0.25, 0.3) is 0 Å². The number of aryl methyl sites for hydroxylation is 1. The van der Waals surface area contributed by atoms with E-state index in [0.717, 1.165) is 42.8 Å². The Hall–Kier alpha value is -2.12. The van der Waals surface area contributed by atoms with Crippen LogP contribution < -0.4 is 0 Å². The van der Waals surface area contributed by atoms with Crippen LogP contribution in [0, 0.1) is 12.7 Å². The van der Waals surface area contributed by atoms with Crippen molar-refractivity contribution in [1.82, 2.24) is 20.0 Å². The van der Waals surface area contributed by atoms with E-state index >= 15 is 0 Å². The Kier molecular flexibility index (Phi) is 5.55.